The smallest absolute Gasteiger partial charge is 0.262 e. The maximum Gasteiger partial charge on any atom is 0.262 e. The van der Waals surface area contributed by atoms with E-state index in [0.717, 1.165) is 24.4 Å². The predicted molar refractivity (Wildman–Crippen MR) is 115 cm³/mol. The number of carbonyl (C=O) groups excluding carboxylic acids is 1. The minimum absolute atomic E-state index is 0.105. The highest BCUT2D eigenvalue weighted by Gasteiger charge is 2.06. The second-order valence-electron chi connectivity index (χ2n) is 7.12. The number of amides is 1. The maximum absolute atomic E-state index is 13.1. The van der Waals surface area contributed by atoms with Crippen molar-refractivity contribution in [1.29, 1.82) is 0 Å². The quantitative estimate of drug-likeness (QED) is 0.393. The minimum Gasteiger partial charge on any atom is -0.356 e. The summed E-state index contributed by atoms with van der Waals surface area (Å²) >= 11 is 5.29. The van der Waals surface area contributed by atoms with Gasteiger partial charge in [-0.2, -0.15) is 0 Å². The standard InChI is InChI=1S/C22H23F2N3O2S/c23-16-12-15(13-17(24)14-16)9-10-25-20(28)8-2-1-5-11-27-21(29)18-6-3-4-7-19(18)26-22(27)30/h3-4,6-7,12-14H,1-2,5,8-11H2,(H,25,28)(H,26,30). The molecule has 0 aliphatic carbocycles. The molecule has 1 amide bonds. The average Bonchev–Trinajstić information content (AvgIpc) is 2.69. The highest BCUT2D eigenvalue weighted by molar-refractivity contribution is 7.71. The Kier molecular flexibility index (Phi) is 7.46. The SMILES string of the molecule is O=C(CCCCCn1c(=S)[nH]c2ccccc2c1=O)NCCc1cc(F)cc(F)c1. The predicted octanol–water partition coefficient (Wildman–Crippen LogP) is 4.26. The number of H-pyrrole nitrogens is 1. The first-order chi connectivity index (χ1) is 14.4. The Morgan fingerprint density at radius 2 is 1.80 bits per heavy atom. The van der Waals surface area contributed by atoms with E-state index in [-0.39, 0.29) is 11.5 Å². The van der Waals surface area contributed by atoms with Crippen LogP contribution in [-0.4, -0.2) is 22.0 Å². The molecule has 8 heteroatoms. The van der Waals surface area contributed by atoms with Crippen LogP contribution >= 0.6 is 12.2 Å². The Morgan fingerprint density at radius 3 is 2.57 bits per heavy atom. The summed E-state index contributed by atoms with van der Waals surface area (Å²) in [6.07, 6.45) is 2.90. The number of hydrogen-bond donors (Lipinski definition) is 2. The molecule has 5 nitrogen and oxygen atoms in total. The van der Waals surface area contributed by atoms with Crippen LogP contribution in [0.3, 0.4) is 0 Å². The first kappa shape index (κ1) is 21.8. The van der Waals surface area contributed by atoms with Gasteiger partial charge in [-0.15, -0.1) is 0 Å². The number of aromatic amines is 1. The summed E-state index contributed by atoms with van der Waals surface area (Å²) in [5.74, 6) is -1.35. The number of benzene rings is 2. The highest BCUT2D eigenvalue weighted by atomic mass is 32.1. The number of aromatic nitrogens is 2. The van der Waals surface area contributed by atoms with Crippen LogP contribution in [0.5, 0.6) is 0 Å². The van der Waals surface area contributed by atoms with Crippen LogP contribution in [0.4, 0.5) is 8.78 Å². The Bertz CT molecular complexity index is 1140. The molecule has 3 aromatic rings. The molecular formula is C22H23F2N3O2S. The number of unbranched alkanes of at least 4 members (excludes halogenated alkanes) is 2. The molecule has 0 saturated heterocycles. The molecule has 1 heterocycles. The van der Waals surface area contributed by atoms with Crippen molar-refractivity contribution in [3.63, 3.8) is 0 Å². The van der Waals surface area contributed by atoms with Crippen LogP contribution in [-0.2, 0) is 17.8 Å². The van der Waals surface area contributed by atoms with E-state index < -0.39 is 11.6 Å². The van der Waals surface area contributed by atoms with Crippen molar-refractivity contribution in [2.24, 2.45) is 0 Å². The lowest BCUT2D eigenvalue weighted by Crippen LogP contribution is -2.25. The van der Waals surface area contributed by atoms with E-state index in [1.165, 1.54) is 12.1 Å². The lowest BCUT2D eigenvalue weighted by atomic mass is 10.1. The fraction of sp³-hybridized carbons (Fsp3) is 0.318. The van der Waals surface area contributed by atoms with Crippen LogP contribution in [0.2, 0.25) is 0 Å². The number of nitrogens with zero attached hydrogens (tertiary/aromatic N) is 1. The van der Waals surface area contributed by atoms with Gasteiger partial charge in [-0.25, -0.2) is 8.78 Å². The summed E-state index contributed by atoms with van der Waals surface area (Å²) in [6.45, 7) is 0.815. The van der Waals surface area contributed by atoms with Crippen molar-refractivity contribution in [3.05, 3.63) is 74.8 Å². The normalized spacial score (nSPS) is 11.0. The third-order valence-corrected chi connectivity index (χ3v) is 5.16. The number of carbonyl (C=O) groups is 1. The second-order valence-corrected chi connectivity index (χ2v) is 7.51. The topological polar surface area (TPSA) is 66.9 Å². The van der Waals surface area contributed by atoms with Crippen molar-refractivity contribution in [1.82, 2.24) is 14.9 Å². The molecule has 0 radical (unpaired) electrons. The lowest BCUT2D eigenvalue weighted by Gasteiger charge is -2.08. The molecule has 2 aromatic carbocycles. The molecule has 0 fully saturated rings. The van der Waals surface area contributed by atoms with E-state index in [9.17, 15) is 18.4 Å². The number of rotatable bonds is 9. The Labute approximate surface area is 177 Å². The van der Waals surface area contributed by atoms with Gasteiger partial charge in [0.05, 0.1) is 10.9 Å². The average molecular weight is 432 g/mol. The van der Waals surface area contributed by atoms with Gasteiger partial charge in [0.15, 0.2) is 4.77 Å². The highest BCUT2D eigenvalue weighted by Crippen LogP contribution is 2.09. The first-order valence-corrected chi connectivity index (χ1v) is 10.3. The molecule has 0 aliphatic rings. The van der Waals surface area contributed by atoms with E-state index in [1.807, 2.05) is 18.2 Å². The third-order valence-electron chi connectivity index (χ3n) is 4.83. The largest absolute Gasteiger partial charge is 0.356 e. The Morgan fingerprint density at radius 1 is 1.07 bits per heavy atom. The van der Waals surface area contributed by atoms with E-state index in [1.54, 1.807) is 10.6 Å². The molecule has 0 bridgehead atoms. The second kappa shape index (κ2) is 10.2. The number of fused-ring (bicyclic) bond motifs is 1. The molecule has 2 N–H and O–H groups in total. The van der Waals surface area contributed by atoms with E-state index in [4.69, 9.17) is 12.2 Å². The molecule has 0 saturated carbocycles. The zero-order valence-electron chi connectivity index (χ0n) is 16.4. The van der Waals surface area contributed by atoms with Crippen LogP contribution < -0.4 is 10.9 Å². The number of nitrogens with one attached hydrogen (secondary N) is 2. The Balaban J connectivity index is 1.39. The zero-order valence-corrected chi connectivity index (χ0v) is 17.2. The van der Waals surface area contributed by atoms with Crippen molar-refractivity contribution in [3.8, 4) is 0 Å². The third kappa shape index (κ3) is 5.82. The zero-order chi connectivity index (χ0) is 21.5. The van der Waals surface area contributed by atoms with E-state index >= 15 is 0 Å². The summed E-state index contributed by atoms with van der Waals surface area (Å²) in [5.41, 5.74) is 1.12. The van der Waals surface area contributed by atoms with Gasteiger partial charge < -0.3 is 10.3 Å². The maximum atomic E-state index is 13.1. The van der Waals surface area contributed by atoms with Crippen molar-refractivity contribution >= 4 is 29.0 Å². The van der Waals surface area contributed by atoms with Crippen molar-refractivity contribution < 1.29 is 13.6 Å². The number of halogens is 2. The summed E-state index contributed by atoms with van der Waals surface area (Å²) in [7, 11) is 0. The number of hydrogen-bond acceptors (Lipinski definition) is 3. The summed E-state index contributed by atoms with van der Waals surface area (Å²) in [6, 6.07) is 10.6. The summed E-state index contributed by atoms with van der Waals surface area (Å²) < 4.78 is 28.2. The molecule has 30 heavy (non-hydrogen) atoms. The van der Waals surface area contributed by atoms with E-state index in [2.05, 4.69) is 10.3 Å². The first-order valence-electron chi connectivity index (χ1n) is 9.87. The minimum atomic E-state index is -0.623. The van der Waals surface area contributed by atoms with Crippen molar-refractivity contribution in [2.45, 2.75) is 38.6 Å². The van der Waals surface area contributed by atoms with Gasteiger partial charge in [-0.3, -0.25) is 14.2 Å². The fourth-order valence-corrected chi connectivity index (χ4v) is 3.61. The van der Waals surface area contributed by atoms with Gasteiger partial charge in [0.2, 0.25) is 5.91 Å². The van der Waals surface area contributed by atoms with Crippen LogP contribution in [0.15, 0.2) is 47.3 Å². The van der Waals surface area contributed by atoms with Gasteiger partial charge in [0.25, 0.3) is 5.56 Å². The molecule has 0 unspecified atom stereocenters. The van der Waals surface area contributed by atoms with Crippen LogP contribution in [0.1, 0.15) is 31.2 Å². The van der Waals surface area contributed by atoms with Crippen molar-refractivity contribution in [2.75, 3.05) is 6.54 Å². The van der Waals surface area contributed by atoms with Gasteiger partial charge in [-0.05, 0) is 61.3 Å². The molecule has 3 rings (SSSR count). The van der Waals surface area contributed by atoms with E-state index in [0.29, 0.717) is 48.1 Å². The Hall–Kier alpha value is -2.87. The molecule has 1 aromatic heterocycles. The monoisotopic (exact) mass is 431 g/mol. The summed E-state index contributed by atoms with van der Waals surface area (Å²) in [5, 5.41) is 3.36. The van der Waals surface area contributed by atoms with Gasteiger partial charge >= 0.3 is 0 Å². The van der Waals surface area contributed by atoms with Crippen LogP contribution in [0, 0.1) is 16.4 Å². The van der Waals surface area contributed by atoms with Gasteiger partial charge in [0.1, 0.15) is 11.6 Å². The molecule has 0 atom stereocenters. The molecule has 0 aliphatic heterocycles. The van der Waals surface area contributed by atoms with Gasteiger partial charge in [-0.1, -0.05) is 18.6 Å². The number of para-hydroxylation sites is 1. The van der Waals surface area contributed by atoms with Gasteiger partial charge in [0, 0.05) is 25.6 Å². The lowest BCUT2D eigenvalue weighted by molar-refractivity contribution is -0.121. The molecule has 0 spiro atoms. The van der Waals surface area contributed by atoms with Crippen LogP contribution in [0.25, 0.3) is 10.9 Å². The fourth-order valence-electron chi connectivity index (χ4n) is 3.32. The summed E-state index contributed by atoms with van der Waals surface area (Å²) in [4.78, 5) is 27.6. The molecular weight excluding hydrogens is 408 g/mol. The molecule has 158 valence electrons.